The summed E-state index contributed by atoms with van der Waals surface area (Å²) in [7, 11) is 1.70. The van der Waals surface area contributed by atoms with Crippen LogP contribution >= 0.6 is 0 Å². The van der Waals surface area contributed by atoms with Gasteiger partial charge < -0.3 is 19.2 Å². The lowest BCUT2D eigenvalue weighted by atomic mass is 10.1. The van der Waals surface area contributed by atoms with Crippen molar-refractivity contribution in [3.63, 3.8) is 0 Å². The van der Waals surface area contributed by atoms with Crippen molar-refractivity contribution in [2.45, 2.75) is 19.5 Å². The quantitative estimate of drug-likeness (QED) is 0.800. The molecule has 0 radical (unpaired) electrons. The number of rotatable bonds is 4. The van der Waals surface area contributed by atoms with Crippen molar-refractivity contribution in [3.8, 4) is 0 Å². The molecular formula is C18H20N4O2. The van der Waals surface area contributed by atoms with E-state index in [0.29, 0.717) is 19.7 Å². The molecule has 0 unspecified atom stereocenters. The van der Waals surface area contributed by atoms with E-state index < -0.39 is 0 Å². The van der Waals surface area contributed by atoms with Gasteiger partial charge in [0.15, 0.2) is 0 Å². The minimum absolute atomic E-state index is 0.0711. The molecule has 0 spiro atoms. The van der Waals surface area contributed by atoms with E-state index in [0.717, 1.165) is 40.8 Å². The number of aromatic nitrogens is 3. The van der Waals surface area contributed by atoms with E-state index in [1.165, 1.54) is 0 Å². The Morgan fingerprint density at radius 3 is 3.17 bits per heavy atom. The van der Waals surface area contributed by atoms with Crippen LogP contribution in [0.15, 0.2) is 36.8 Å². The molecule has 0 saturated carbocycles. The average Bonchev–Trinajstić information content (AvgIpc) is 3.24. The predicted molar refractivity (Wildman–Crippen MR) is 90.8 cm³/mol. The van der Waals surface area contributed by atoms with Crippen molar-refractivity contribution in [2.75, 3.05) is 20.3 Å². The van der Waals surface area contributed by atoms with Crippen molar-refractivity contribution in [3.05, 3.63) is 53.7 Å². The molecule has 6 heteroatoms. The Balaban J connectivity index is 1.57. The second-order valence-corrected chi connectivity index (χ2v) is 6.08. The van der Waals surface area contributed by atoms with Crippen LogP contribution in [0.3, 0.4) is 0 Å². The van der Waals surface area contributed by atoms with Crippen LogP contribution in [0.4, 0.5) is 0 Å². The van der Waals surface area contributed by atoms with E-state index in [1.807, 2.05) is 35.4 Å². The van der Waals surface area contributed by atoms with Gasteiger partial charge >= 0.3 is 0 Å². The maximum Gasteiger partial charge on any atom is 0.254 e. The Hall–Kier alpha value is -2.60. The minimum atomic E-state index is 0.0711. The summed E-state index contributed by atoms with van der Waals surface area (Å²) in [6.45, 7) is 2.79. The lowest BCUT2D eigenvalue weighted by Gasteiger charge is -2.26. The summed E-state index contributed by atoms with van der Waals surface area (Å²) in [6, 6.07) is 7.95. The molecule has 1 N–H and O–H groups in total. The molecule has 24 heavy (non-hydrogen) atoms. The normalized spacial score (nSPS) is 14.1. The number of imidazole rings is 1. The van der Waals surface area contributed by atoms with Crippen LogP contribution in [-0.2, 0) is 24.2 Å². The van der Waals surface area contributed by atoms with Gasteiger partial charge in [0, 0.05) is 49.3 Å². The predicted octanol–water partition coefficient (Wildman–Crippen LogP) is 2.21. The third-order valence-electron chi connectivity index (χ3n) is 4.62. The zero-order valence-corrected chi connectivity index (χ0v) is 13.7. The summed E-state index contributed by atoms with van der Waals surface area (Å²) in [5.41, 5.74) is 3.97. The third kappa shape index (κ3) is 2.59. The highest BCUT2D eigenvalue weighted by Gasteiger charge is 2.23. The number of nitrogens with one attached hydrogen (secondary N) is 1. The van der Waals surface area contributed by atoms with E-state index in [2.05, 4.69) is 14.5 Å². The molecule has 4 rings (SSSR count). The molecule has 0 fully saturated rings. The topological polar surface area (TPSA) is 63.1 Å². The Kier molecular flexibility index (Phi) is 3.82. The average molecular weight is 324 g/mol. The molecule has 0 aliphatic carbocycles. The third-order valence-corrected chi connectivity index (χ3v) is 4.62. The summed E-state index contributed by atoms with van der Waals surface area (Å²) in [5, 5.41) is 1.08. The maximum absolute atomic E-state index is 12.8. The van der Waals surface area contributed by atoms with Crippen molar-refractivity contribution in [1.82, 2.24) is 19.4 Å². The monoisotopic (exact) mass is 324 g/mol. The number of carbonyl (C=O) groups is 1. The smallest absolute Gasteiger partial charge is 0.254 e. The van der Waals surface area contributed by atoms with Gasteiger partial charge in [-0.2, -0.15) is 0 Å². The SMILES string of the molecule is COCCn1ccc2cc(C(=O)N3CCc4nc[nH]c4C3)ccc21. The first kappa shape index (κ1) is 15.0. The van der Waals surface area contributed by atoms with Crippen molar-refractivity contribution in [2.24, 2.45) is 0 Å². The van der Waals surface area contributed by atoms with E-state index in [9.17, 15) is 4.79 Å². The first-order chi connectivity index (χ1) is 11.8. The van der Waals surface area contributed by atoms with Gasteiger partial charge in [-0.15, -0.1) is 0 Å². The van der Waals surface area contributed by atoms with E-state index in [-0.39, 0.29) is 5.91 Å². The minimum Gasteiger partial charge on any atom is -0.383 e. The lowest BCUT2D eigenvalue weighted by Crippen LogP contribution is -2.36. The molecule has 1 aliphatic rings. The van der Waals surface area contributed by atoms with Gasteiger partial charge in [0.25, 0.3) is 5.91 Å². The number of fused-ring (bicyclic) bond motifs is 2. The zero-order valence-electron chi connectivity index (χ0n) is 13.7. The Bertz CT molecular complexity index is 880. The van der Waals surface area contributed by atoms with E-state index in [1.54, 1.807) is 13.4 Å². The number of aromatic amines is 1. The second kappa shape index (κ2) is 6.13. The van der Waals surface area contributed by atoms with Crippen LogP contribution in [-0.4, -0.2) is 45.6 Å². The van der Waals surface area contributed by atoms with Crippen LogP contribution in [0, 0.1) is 0 Å². The summed E-state index contributed by atoms with van der Waals surface area (Å²) in [5.74, 6) is 0.0711. The van der Waals surface area contributed by atoms with Crippen LogP contribution in [0.25, 0.3) is 10.9 Å². The number of ether oxygens (including phenoxy) is 1. The molecule has 124 valence electrons. The highest BCUT2D eigenvalue weighted by molar-refractivity contribution is 5.98. The van der Waals surface area contributed by atoms with Crippen molar-refractivity contribution in [1.29, 1.82) is 0 Å². The highest BCUT2D eigenvalue weighted by atomic mass is 16.5. The van der Waals surface area contributed by atoms with E-state index >= 15 is 0 Å². The zero-order chi connectivity index (χ0) is 16.5. The molecule has 1 aliphatic heterocycles. The van der Waals surface area contributed by atoms with Crippen LogP contribution in [0.2, 0.25) is 0 Å². The fraction of sp³-hybridized carbons (Fsp3) is 0.333. The summed E-state index contributed by atoms with van der Waals surface area (Å²) >= 11 is 0. The standard InChI is InChI=1S/C18H20N4O2/c1-24-9-8-21-6-4-13-10-14(2-3-17(13)21)18(23)22-7-5-15-16(11-22)20-12-19-15/h2-4,6,10,12H,5,7-9,11H2,1H3,(H,19,20). The summed E-state index contributed by atoms with van der Waals surface area (Å²) in [4.78, 5) is 22.1. The molecule has 3 heterocycles. The first-order valence-corrected chi connectivity index (χ1v) is 8.14. The Morgan fingerprint density at radius 1 is 1.38 bits per heavy atom. The van der Waals surface area contributed by atoms with Gasteiger partial charge in [-0.1, -0.05) is 0 Å². The van der Waals surface area contributed by atoms with Gasteiger partial charge in [-0.25, -0.2) is 4.98 Å². The molecule has 0 atom stereocenters. The molecular weight excluding hydrogens is 304 g/mol. The largest absolute Gasteiger partial charge is 0.383 e. The molecule has 0 bridgehead atoms. The molecule has 1 amide bonds. The number of hydrogen-bond donors (Lipinski definition) is 1. The van der Waals surface area contributed by atoms with Gasteiger partial charge in [0.2, 0.25) is 0 Å². The Morgan fingerprint density at radius 2 is 2.29 bits per heavy atom. The molecule has 0 saturated heterocycles. The fourth-order valence-corrected chi connectivity index (χ4v) is 3.29. The summed E-state index contributed by atoms with van der Waals surface area (Å²) in [6.07, 6.45) is 4.55. The number of H-pyrrole nitrogens is 1. The Labute approximate surface area is 140 Å². The second-order valence-electron chi connectivity index (χ2n) is 6.08. The number of nitrogens with zero attached hydrogens (tertiary/aromatic N) is 3. The molecule has 6 nitrogen and oxygen atoms in total. The first-order valence-electron chi connectivity index (χ1n) is 8.14. The van der Waals surface area contributed by atoms with Crippen LogP contribution in [0.1, 0.15) is 21.7 Å². The van der Waals surface area contributed by atoms with Crippen molar-refractivity contribution < 1.29 is 9.53 Å². The number of benzene rings is 1. The fourth-order valence-electron chi connectivity index (χ4n) is 3.29. The molecule has 1 aromatic carbocycles. The lowest BCUT2D eigenvalue weighted by molar-refractivity contribution is 0.0732. The van der Waals surface area contributed by atoms with Crippen molar-refractivity contribution >= 4 is 16.8 Å². The van der Waals surface area contributed by atoms with Gasteiger partial charge in [0.05, 0.1) is 30.9 Å². The maximum atomic E-state index is 12.8. The van der Waals surface area contributed by atoms with Gasteiger partial charge in [-0.3, -0.25) is 4.79 Å². The van der Waals surface area contributed by atoms with Gasteiger partial charge in [0.1, 0.15) is 0 Å². The number of amides is 1. The number of carbonyl (C=O) groups excluding carboxylic acids is 1. The van der Waals surface area contributed by atoms with Crippen LogP contribution in [0.5, 0.6) is 0 Å². The van der Waals surface area contributed by atoms with Gasteiger partial charge in [-0.05, 0) is 24.3 Å². The number of hydrogen-bond acceptors (Lipinski definition) is 3. The summed E-state index contributed by atoms with van der Waals surface area (Å²) < 4.78 is 7.28. The number of methoxy groups -OCH3 is 1. The molecule has 3 aromatic rings. The highest BCUT2D eigenvalue weighted by Crippen LogP contribution is 2.21. The molecule has 2 aromatic heterocycles. The van der Waals surface area contributed by atoms with E-state index in [4.69, 9.17) is 4.74 Å². The van der Waals surface area contributed by atoms with Crippen LogP contribution < -0.4 is 0 Å².